The van der Waals surface area contributed by atoms with Gasteiger partial charge in [0.2, 0.25) is 0 Å². The van der Waals surface area contributed by atoms with E-state index in [0.717, 1.165) is 17.5 Å². The molecule has 0 radical (unpaired) electrons. The van der Waals surface area contributed by atoms with Crippen LogP contribution in [0.4, 0.5) is 0 Å². The Morgan fingerprint density at radius 2 is 2.00 bits per heavy atom. The van der Waals surface area contributed by atoms with Crippen molar-refractivity contribution >= 4 is 0 Å². The van der Waals surface area contributed by atoms with E-state index in [0.29, 0.717) is 18.1 Å². The first-order chi connectivity index (χ1) is 6.66. The van der Waals surface area contributed by atoms with E-state index in [4.69, 9.17) is 5.11 Å². The van der Waals surface area contributed by atoms with Gasteiger partial charge in [-0.3, -0.25) is 0 Å². The van der Waals surface area contributed by atoms with Crippen LogP contribution < -0.4 is 0 Å². The number of rotatable bonds is 4. The largest absolute Gasteiger partial charge is 0.507 e. The third-order valence-corrected chi connectivity index (χ3v) is 2.38. The highest BCUT2D eigenvalue weighted by Gasteiger charge is 2.08. The molecule has 0 aromatic heterocycles. The Kier molecular flexibility index (Phi) is 3.96. The van der Waals surface area contributed by atoms with E-state index in [2.05, 4.69) is 13.8 Å². The van der Waals surface area contributed by atoms with Crippen LogP contribution in [0.3, 0.4) is 0 Å². The van der Waals surface area contributed by atoms with Gasteiger partial charge in [-0.25, -0.2) is 0 Å². The maximum absolute atomic E-state index is 9.90. The van der Waals surface area contributed by atoms with Crippen molar-refractivity contribution in [1.29, 1.82) is 0 Å². The first-order valence-electron chi connectivity index (χ1n) is 5.08. The third kappa shape index (κ3) is 2.48. The van der Waals surface area contributed by atoms with Crippen LogP contribution in [0.1, 0.15) is 37.3 Å². The average Bonchev–Trinajstić information content (AvgIpc) is 2.16. The van der Waals surface area contributed by atoms with Crippen molar-refractivity contribution in [3.63, 3.8) is 0 Å². The maximum atomic E-state index is 9.90. The van der Waals surface area contributed by atoms with Crippen LogP contribution in [0.2, 0.25) is 0 Å². The molecule has 0 aliphatic carbocycles. The summed E-state index contributed by atoms with van der Waals surface area (Å²) in [6.07, 6.45) is 1.44. The van der Waals surface area contributed by atoms with Gasteiger partial charge in [-0.05, 0) is 29.9 Å². The monoisotopic (exact) mass is 194 g/mol. The van der Waals surface area contributed by atoms with Crippen LogP contribution in [0.25, 0.3) is 0 Å². The molecule has 1 rings (SSSR count). The number of benzene rings is 1. The number of aliphatic hydroxyl groups is 1. The highest BCUT2D eigenvalue weighted by molar-refractivity contribution is 5.42. The number of aromatic hydroxyl groups is 1. The van der Waals surface area contributed by atoms with Gasteiger partial charge in [0.15, 0.2) is 0 Å². The zero-order valence-corrected chi connectivity index (χ0v) is 8.83. The summed E-state index contributed by atoms with van der Waals surface area (Å²) < 4.78 is 0. The minimum Gasteiger partial charge on any atom is -0.507 e. The minimum absolute atomic E-state index is 0.172. The minimum atomic E-state index is 0.172. The second-order valence-electron chi connectivity index (χ2n) is 3.84. The van der Waals surface area contributed by atoms with Crippen molar-refractivity contribution < 1.29 is 10.2 Å². The van der Waals surface area contributed by atoms with Crippen molar-refractivity contribution in [3.05, 3.63) is 29.3 Å². The van der Waals surface area contributed by atoms with Crippen LogP contribution in [0.15, 0.2) is 18.2 Å². The lowest BCUT2D eigenvalue weighted by atomic mass is 9.97. The average molecular weight is 194 g/mol. The van der Waals surface area contributed by atoms with E-state index in [1.165, 1.54) is 0 Å². The molecule has 2 nitrogen and oxygen atoms in total. The molecular weight excluding hydrogens is 176 g/mol. The van der Waals surface area contributed by atoms with Gasteiger partial charge in [0, 0.05) is 6.61 Å². The smallest absolute Gasteiger partial charge is 0.122 e. The molecule has 0 aliphatic heterocycles. The maximum Gasteiger partial charge on any atom is 0.122 e. The molecule has 0 amide bonds. The molecule has 2 N–H and O–H groups in total. The molecule has 0 atom stereocenters. The first-order valence-corrected chi connectivity index (χ1v) is 5.08. The van der Waals surface area contributed by atoms with E-state index >= 15 is 0 Å². The Morgan fingerprint density at radius 3 is 2.57 bits per heavy atom. The zero-order chi connectivity index (χ0) is 10.6. The standard InChI is InChI=1S/C12H18O2/c1-9(2)11-7-3-5-10(12(11)14)6-4-8-13/h3,5,7,9,13-14H,4,6,8H2,1-2H3. The summed E-state index contributed by atoms with van der Waals surface area (Å²) in [5.74, 6) is 0.736. The van der Waals surface area contributed by atoms with Gasteiger partial charge in [-0.1, -0.05) is 32.0 Å². The van der Waals surface area contributed by atoms with E-state index in [-0.39, 0.29) is 6.61 Å². The fourth-order valence-corrected chi connectivity index (χ4v) is 1.55. The lowest BCUT2D eigenvalue weighted by molar-refractivity contribution is 0.288. The highest BCUT2D eigenvalue weighted by atomic mass is 16.3. The molecule has 14 heavy (non-hydrogen) atoms. The first kappa shape index (κ1) is 11.1. The van der Waals surface area contributed by atoms with Crippen LogP contribution in [-0.2, 0) is 6.42 Å². The van der Waals surface area contributed by atoms with Gasteiger partial charge in [-0.2, -0.15) is 0 Å². The number of aryl methyl sites for hydroxylation is 1. The molecule has 0 fully saturated rings. The second-order valence-corrected chi connectivity index (χ2v) is 3.84. The number of phenolic OH excluding ortho intramolecular Hbond substituents is 1. The third-order valence-electron chi connectivity index (χ3n) is 2.38. The zero-order valence-electron chi connectivity index (χ0n) is 8.83. The molecule has 0 aliphatic rings. The van der Waals surface area contributed by atoms with E-state index in [1.807, 2.05) is 18.2 Å². The highest BCUT2D eigenvalue weighted by Crippen LogP contribution is 2.29. The Hall–Kier alpha value is -1.02. The van der Waals surface area contributed by atoms with Crippen LogP contribution in [0, 0.1) is 0 Å². The van der Waals surface area contributed by atoms with Crippen molar-refractivity contribution in [2.24, 2.45) is 0 Å². The molecular formula is C12H18O2. The van der Waals surface area contributed by atoms with Gasteiger partial charge >= 0.3 is 0 Å². The Labute approximate surface area is 85.2 Å². The SMILES string of the molecule is CC(C)c1cccc(CCCO)c1O. The number of phenols is 1. The van der Waals surface area contributed by atoms with Gasteiger partial charge in [0.1, 0.15) is 5.75 Å². The molecule has 0 unspecified atom stereocenters. The van der Waals surface area contributed by atoms with E-state index in [9.17, 15) is 5.11 Å². The van der Waals surface area contributed by atoms with Crippen molar-refractivity contribution in [1.82, 2.24) is 0 Å². The van der Waals surface area contributed by atoms with Crippen LogP contribution in [-0.4, -0.2) is 16.8 Å². The molecule has 0 spiro atoms. The molecule has 78 valence electrons. The summed E-state index contributed by atoms with van der Waals surface area (Å²) in [6.45, 7) is 4.29. The molecule has 1 aromatic carbocycles. The number of aliphatic hydroxyl groups excluding tert-OH is 1. The molecule has 1 aromatic rings. The summed E-state index contributed by atoms with van der Waals surface area (Å²) in [5.41, 5.74) is 1.92. The quantitative estimate of drug-likeness (QED) is 0.773. The number of hydrogen-bond donors (Lipinski definition) is 2. The summed E-state index contributed by atoms with van der Waals surface area (Å²) in [4.78, 5) is 0. The molecule has 0 saturated heterocycles. The lowest BCUT2D eigenvalue weighted by Crippen LogP contribution is -1.94. The summed E-state index contributed by atoms with van der Waals surface area (Å²) in [6, 6.07) is 5.82. The van der Waals surface area contributed by atoms with Gasteiger partial charge < -0.3 is 10.2 Å². The molecule has 0 bridgehead atoms. The second kappa shape index (κ2) is 5.01. The van der Waals surface area contributed by atoms with Gasteiger partial charge in [0.25, 0.3) is 0 Å². The summed E-state index contributed by atoms with van der Waals surface area (Å²) in [5, 5.41) is 18.6. The lowest BCUT2D eigenvalue weighted by Gasteiger charge is -2.11. The molecule has 2 heteroatoms. The Bertz CT molecular complexity index is 292. The van der Waals surface area contributed by atoms with Gasteiger partial charge in [-0.15, -0.1) is 0 Å². The Balaban J connectivity index is 2.89. The Morgan fingerprint density at radius 1 is 1.29 bits per heavy atom. The van der Waals surface area contributed by atoms with Crippen molar-refractivity contribution in [3.8, 4) is 5.75 Å². The van der Waals surface area contributed by atoms with Crippen molar-refractivity contribution in [2.45, 2.75) is 32.6 Å². The van der Waals surface area contributed by atoms with Gasteiger partial charge in [0.05, 0.1) is 0 Å². The number of para-hydroxylation sites is 1. The fraction of sp³-hybridized carbons (Fsp3) is 0.500. The predicted octanol–water partition coefficient (Wildman–Crippen LogP) is 2.44. The normalized spacial score (nSPS) is 10.9. The molecule has 0 heterocycles. The van der Waals surface area contributed by atoms with E-state index < -0.39 is 0 Å². The topological polar surface area (TPSA) is 40.5 Å². The number of hydrogen-bond acceptors (Lipinski definition) is 2. The van der Waals surface area contributed by atoms with Crippen LogP contribution in [0.5, 0.6) is 5.75 Å². The fourth-order valence-electron chi connectivity index (χ4n) is 1.55. The predicted molar refractivity (Wildman–Crippen MR) is 57.6 cm³/mol. The summed E-state index contributed by atoms with van der Waals surface area (Å²) in [7, 11) is 0. The van der Waals surface area contributed by atoms with Crippen LogP contribution >= 0.6 is 0 Å². The molecule has 0 saturated carbocycles. The summed E-state index contributed by atoms with van der Waals surface area (Å²) >= 11 is 0. The van der Waals surface area contributed by atoms with Crippen molar-refractivity contribution in [2.75, 3.05) is 6.61 Å². The van der Waals surface area contributed by atoms with E-state index in [1.54, 1.807) is 0 Å².